The highest BCUT2D eigenvalue weighted by molar-refractivity contribution is 5.85. The molecule has 19 heavy (non-hydrogen) atoms. The van der Waals surface area contributed by atoms with Crippen molar-refractivity contribution < 1.29 is 14.3 Å². The number of hydrogen-bond donors (Lipinski definition) is 1. The van der Waals surface area contributed by atoms with Gasteiger partial charge in [-0.2, -0.15) is 0 Å². The van der Waals surface area contributed by atoms with Crippen molar-refractivity contribution in [3.8, 4) is 0 Å². The Balaban J connectivity index is 2.00. The largest absolute Gasteiger partial charge is 0.453 e. The van der Waals surface area contributed by atoms with Crippen LogP contribution in [0.15, 0.2) is 24.3 Å². The van der Waals surface area contributed by atoms with Crippen molar-refractivity contribution in [2.75, 3.05) is 13.7 Å². The molecule has 0 saturated heterocycles. The van der Waals surface area contributed by atoms with Gasteiger partial charge in [0.25, 0.3) is 0 Å². The maximum atomic E-state index is 12.2. The van der Waals surface area contributed by atoms with Gasteiger partial charge in [0, 0.05) is 13.1 Å². The smallest absolute Gasteiger partial charge is 0.407 e. The Morgan fingerprint density at radius 1 is 1.32 bits per heavy atom. The van der Waals surface area contributed by atoms with Crippen molar-refractivity contribution in [2.45, 2.75) is 25.9 Å². The number of methoxy groups -OCH3 is 1. The summed E-state index contributed by atoms with van der Waals surface area (Å²) in [6.45, 7) is 2.95. The molecule has 1 aliphatic rings. The summed E-state index contributed by atoms with van der Waals surface area (Å²) in [6.07, 6.45) is 0.269. The minimum absolute atomic E-state index is 0.0834. The zero-order valence-corrected chi connectivity index (χ0v) is 11.2. The summed E-state index contributed by atoms with van der Waals surface area (Å²) < 4.78 is 4.49. The van der Waals surface area contributed by atoms with E-state index in [4.69, 9.17) is 0 Å². The molecule has 102 valence electrons. The third kappa shape index (κ3) is 3.05. The fourth-order valence-electron chi connectivity index (χ4n) is 2.26. The molecule has 0 radical (unpaired) electrons. The van der Waals surface area contributed by atoms with Crippen LogP contribution in [0.5, 0.6) is 0 Å². The van der Waals surface area contributed by atoms with Crippen molar-refractivity contribution in [3.05, 3.63) is 35.4 Å². The average molecular weight is 262 g/mol. The molecule has 2 amide bonds. The highest BCUT2D eigenvalue weighted by Crippen LogP contribution is 2.18. The van der Waals surface area contributed by atoms with E-state index in [2.05, 4.69) is 16.1 Å². The number of nitrogens with zero attached hydrogens (tertiary/aromatic N) is 1. The Hall–Kier alpha value is -2.04. The van der Waals surface area contributed by atoms with E-state index >= 15 is 0 Å². The number of carbonyl (C=O) groups excluding carboxylic acids is 2. The second-order valence-corrected chi connectivity index (χ2v) is 4.64. The molecule has 0 aromatic heterocycles. The van der Waals surface area contributed by atoms with E-state index in [1.165, 1.54) is 18.2 Å². The molecule has 2 rings (SSSR count). The number of fused-ring (bicyclic) bond motifs is 1. The molecule has 0 spiro atoms. The summed E-state index contributed by atoms with van der Waals surface area (Å²) in [5.74, 6) is -0.0834. The molecule has 0 unspecified atom stereocenters. The Labute approximate surface area is 112 Å². The summed E-state index contributed by atoms with van der Waals surface area (Å²) in [7, 11) is 1.28. The standard InChI is InChI=1S/C14H18N2O3/c1-10(15-14(18)19-2)13(17)16-8-7-11-5-3-4-6-12(11)9-16/h3-6,10H,7-9H2,1-2H3,(H,15,18)/t10-/m0/s1. The van der Waals surface area contributed by atoms with E-state index in [-0.39, 0.29) is 5.91 Å². The molecule has 0 bridgehead atoms. The fourth-order valence-corrected chi connectivity index (χ4v) is 2.26. The second kappa shape index (κ2) is 5.73. The normalized spacial score (nSPS) is 15.4. The third-order valence-corrected chi connectivity index (χ3v) is 3.33. The van der Waals surface area contributed by atoms with Crippen LogP contribution in [-0.2, 0) is 22.5 Å². The first-order valence-electron chi connectivity index (χ1n) is 6.32. The first kappa shape index (κ1) is 13.4. The summed E-state index contributed by atoms with van der Waals surface area (Å²) in [5, 5.41) is 2.50. The van der Waals surface area contributed by atoms with Gasteiger partial charge in [0.2, 0.25) is 5.91 Å². The summed E-state index contributed by atoms with van der Waals surface area (Å²) in [5.41, 5.74) is 2.47. The number of rotatable bonds is 2. The van der Waals surface area contributed by atoms with E-state index in [1.54, 1.807) is 11.8 Å². The Morgan fingerprint density at radius 3 is 2.68 bits per heavy atom. The maximum Gasteiger partial charge on any atom is 0.407 e. The maximum absolute atomic E-state index is 12.2. The summed E-state index contributed by atoms with van der Waals surface area (Å²) in [6, 6.07) is 7.54. The Morgan fingerprint density at radius 2 is 2.00 bits per heavy atom. The van der Waals surface area contributed by atoms with Crippen molar-refractivity contribution in [2.24, 2.45) is 0 Å². The molecule has 1 aromatic rings. The molecule has 1 atom stereocenters. The summed E-state index contributed by atoms with van der Waals surface area (Å²) >= 11 is 0. The first-order valence-corrected chi connectivity index (χ1v) is 6.32. The number of alkyl carbamates (subject to hydrolysis) is 1. The zero-order valence-electron chi connectivity index (χ0n) is 11.2. The van der Waals surface area contributed by atoms with Gasteiger partial charge in [-0.05, 0) is 24.5 Å². The molecule has 1 aromatic carbocycles. The highest BCUT2D eigenvalue weighted by atomic mass is 16.5. The SMILES string of the molecule is COC(=O)N[C@@H](C)C(=O)N1CCc2ccccc2C1. The number of carbonyl (C=O) groups is 2. The number of hydrogen-bond acceptors (Lipinski definition) is 3. The van der Waals surface area contributed by atoms with Gasteiger partial charge in [0.1, 0.15) is 6.04 Å². The number of amides is 2. The lowest BCUT2D eigenvalue weighted by Crippen LogP contribution is -2.48. The Bertz CT molecular complexity index is 487. The van der Waals surface area contributed by atoms with E-state index in [0.717, 1.165) is 6.42 Å². The molecule has 1 aliphatic heterocycles. The van der Waals surface area contributed by atoms with E-state index < -0.39 is 12.1 Å². The topological polar surface area (TPSA) is 58.6 Å². The van der Waals surface area contributed by atoms with Crippen LogP contribution in [-0.4, -0.2) is 36.6 Å². The van der Waals surface area contributed by atoms with Gasteiger partial charge in [0.15, 0.2) is 0 Å². The van der Waals surface area contributed by atoms with Gasteiger partial charge < -0.3 is 15.0 Å². The first-order chi connectivity index (χ1) is 9.11. The minimum atomic E-state index is -0.585. The molecule has 0 aliphatic carbocycles. The van der Waals surface area contributed by atoms with Crippen LogP contribution in [0.1, 0.15) is 18.1 Å². The van der Waals surface area contributed by atoms with Crippen molar-refractivity contribution in [1.82, 2.24) is 10.2 Å². The lowest BCUT2D eigenvalue weighted by molar-refractivity contribution is -0.133. The van der Waals surface area contributed by atoms with Crippen LogP contribution < -0.4 is 5.32 Å². The lowest BCUT2D eigenvalue weighted by atomic mass is 9.99. The Kier molecular flexibility index (Phi) is 4.04. The molecule has 5 heteroatoms. The molecule has 5 nitrogen and oxygen atoms in total. The highest BCUT2D eigenvalue weighted by Gasteiger charge is 2.25. The predicted molar refractivity (Wildman–Crippen MR) is 70.6 cm³/mol. The minimum Gasteiger partial charge on any atom is -0.453 e. The van der Waals surface area contributed by atoms with E-state index in [0.29, 0.717) is 13.1 Å². The third-order valence-electron chi connectivity index (χ3n) is 3.33. The van der Waals surface area contributed by atoms with Crippen LogP contribution in [0.25, 0.3) is 0 Å². The van der Waals surface area contributed by atoms with Crippen LogP contribution in [0, 0.1) is 0 Å². The lowest BCUT2D eigenvalue weighted by Gasteiger charge is -2.30. The van der Waals surface area contributed by atoms with E-state index in [9.17, 15) is 9.59 Å². The fraction of sp³-hybridized carbons (Fsp3) is 0.429. The second-order valence-electron chi connectivity index (χ2n) is 4.64. The van der Waals surface area contributed by atoms with Crippen LogP contribution >= 0.6 is 0 Å². The molecular weight excluding hydrogens is 244 g/mol. The van der Waals surface area contributed by atoms with Gasteiger partial charge in [-0.15, -0.1) is 0 Å². The van der Waals surface area contributed by atoms with Gasteiger partial charge in [-0.1, -0.05) is 24.3 Å². The van der Waals surface area contributed by atoms with Crippen LogP contribution in [0.3, 0.4) is 0 Å². The summed E-state index contributed by atoms with van der Waals surface area (Å²) in [4.78, 5) is 25.1. The van der Waals surface area contributed by atoms with Crippen LogP contribution in [0.4, 0.5) is 4.79 Å². The monoisotopic (exact) mass is 262 g/mol. The van der Waals surface area contributed by atoms with Crippen molar-refractivity contribution >= 4 is 12.0 Å². The average Bonchev–Trinajstić information content (AvgIpc) is 2.45. The van der Waals surface area contributed by atoms with Gasteiger partial charge in [0.05, 0.1) is 7.11 Å². The van der Waals surface area contributed by atoms with Crippen molar-refractivity contribution in [3.63, 3.8) is 0 Å². The number of ether oxygens (including phenoxy) is 1. The molecule has 1 N–H and O–H groups in total. The number of benzene rings is 1. The van der Waals surface area contributed by atoms with Gasteiger partial charge >= 0.3 is 6.09 Å². The van der Waals surface area contributed by atoms with Gasteiger partial charge in [-0.3, -0.25) is 4.79 Å². The van der Waals surface area contributed by atoms with Crippen molar-refractivity contribution in [1.29, 1.82) is 0 Å². The van der Waals surface area contributed by atoms with Gasteiger partial charge in [-0.25, -0.2) is 4.79 Å². The number of nitrogens with one attached hydrogen (secondary N) is 1. The molecular formula is C14H18N2O3. The molecule has 0 saturated carbocycles. The molecule has 0 fully saturated rings. The predicted octanol–water partition coefficient (Wildman–Crippen LogP) is 1.32. The quantitative estimate of drug-likeness (QED) is 0.874. The van der Waals surface area contributed by atoms with E-state index in [1.807, 2.05) is 18.2 Å². The zero-order chi connectivity index (χ0) is 13.8. The van der Waals surface area contributed by atoms with Crippen LogP contribution in [0.2, 0.25) is 0 Å². The molecule has 1 heterocycles.